The van der Waals surface area contributed by atoms with Crippen molar-refractivity contribution in [2.45, 2.75) is 122 Å². The molecule has 58 heavy (non-hydrogen) atoms. The van der Waals surface area contributed by atoms with Gasteiger partial charge in [-0.15, -0.1) is 11.6 Å². The molecule has 1 aromatic carbocycles. The molecule has 0 fully saturated rings. The summed E-state index contributed by atoms with van der Waals surface area (Å²) < 4.78 is 48.8. The third kappa shape index (κ3) is 12.5. The number of carbonyl (C=O) groups is 1. The summed E-state index contributed by atoms with van der Waals surface area (Å²) in [6, 6.07) is 13.4. The number of allylic oxidation sites excluding steroid dienone is 3. The predicted octanol–water partition coefficient (Wildman–Crippen LogP) is 9.59. The highest BCUT2D eigenvalue weighted by atomic mass is 35.5. The Morgan fingerprint density at radius 2 is 1.67 bits per heavy atom. The first kappa shape index (κ1) is 47.2. The van der Waals surface area contributed by atoms with E-state index in [-0.39, 0.29) is 16.2 Å². The molecule has 2 heterocycles. The minimum atomic E-state index is -4.39. The highest BCUT2D eigenvalue weighted by Crippen LogP contribution is 2.48. The molecular formula is C46H67ClN3O7S+. The highest BCUT2D eigenvalue weighted by Gasteiger charge is 2.40. The summed E-state index contributed by atoms with van der Waals surface area (Å²) in [5, 5.41) is 2.55. The zero-order valence-electron chi connectivity index (χ0n) is 36.1. The fraction of sp³-hybridized carbons (Fsp3) is 0.565. The van der Waals surface area contributed by atoms with E-state index in [1.807, 2.05) is 6.92 Å². The van der Waals surface area contributed by atoms with Gasteiger partial charge in [-0.1, -0.05) is 66.0 Å². The lowest BCUT2D eigenvalue weighted by molar-refractivity contribution is -0.189. The molecule has 0 radical (unpaired) electrons. The first-order chi connectivity index (χ1) is 27.6. The van der Waals surface area contributed by atoms with Gasteiger partial charge in [-0.3, -0.25) is 14.2 Å². The summed E-state index contributed by atoms with van der Waals surface area (Å²) in [6.07, 6.45) is 13.2. The Morgan fingerprint density at radius 3 is 2.34 bits per heavy atom. The number of hydrogen-bond donors (Lipinski definition) is 1. The first-order valence-corrected chi connectivity index (χ1v) is 23.1. The van der Waals surface area contributed by atoms with Crippen LogP contribution in [0.15, 0.2) is 69.6 Å². The number of ether oxygens (including phenoxy) is 1. The topological polar surface area (TPSA) is 113 Å². The second-order valence-electron chi connectivity index (χ2n) is 16.5. The van der Waals surface area contributed by atoms with Crippen LogP contribution in [0.2, 0.25) is 0 Å². The van der Waals surface area contributed by atoms with E-state index < -0.39 is 15.5 Å². The van der Waals surface area contributed by atoms with Gasteiger partial charge in [0.1, 0.15) is 24.6 Å². The van der Waals surface area contributed by atoms with Gasteiger partial charge in [-0.2, -0.15) is 8.42 Å². The van der Waals surface area contributed by atoms with Crippen LogP contribution in [-0.4, -0.2) is 75.8 Å². The van der Waals surface area contributed by atoms with Crippen molar-refractivity contribution in [3.8, 4) is 11.3 Å². The van der Waals surface area contributed by atoms with Crippen LogP contribution in [0.4, 0.5) is 5.69 Å². The number of carbonyl (C=O) groups excluding carboxylic acids is 1. The summed E-state index contributed by atoms with van der Waals surface area (Å²) in [6.45, 7) is 21.2. The number of benzene rings is 2. The molecule has 10 nitrogen and oxygen atoms in total. The van der Waals surface area contributed by atoms with Gasteiger partial charge in [0, 0.05) is 65.8 Å². The molecular weight excluding hydrogens is 774 g/mol. The summed E-state index contributed by atoms with van der Waals surface area (Å²) >= 11 is 5.73. The van der Waals surface area contributed by atoms with Crippen LogP contribution in [0.1, 0.15) is 124 Å². The van der Waals surface area contributed by atoms with Gasteiger partial charge in [0.25, 0.3) is 10.1 Å². The first-order valence-electron chi connectivity index (χ1n) is 21.1. The molecule has 0 unspecified atom stereocenters. The smallest absolute Gasteiger partial charge is 0.294 e. The van der Waals surface area contributed by atoms with Gasteiger partial charge in [0.15, 0.2) is 0 Å². The Bertz CT molecular complexity index is 2020. The molecule has 0 aromatic heterocycles. The van der Waals surface area contributed by atoms with E-state index in [9.17, 15) is 17.8 Å². The zero-order valence-corrected chi connectivity index (χ0v) is 37.7. The zero-order chi connectivity index (χ0) is 42.5. The Labute approximate surface area is 352 Å². The quantitative estimate of drug-likeness (QED) is 0.0350. The van der Waals surface area contributed by atoms with Gasteiger partial charge in [-0.05, 0) is 94.0 Å². The third-order valence-electron chi connectivity index (χ3n) is 10.8. The van der Waals surface area contributed by atoms with Crippen LogP contribution in [-0.2, 0) is 35.3 Å². The normalized spacial score (nSPS) is 14.9. The fourth-order valence-corrected chi connectivity index (χ4v) is 8.14. The molecule has 2 aliphatic heterocycles. The molecule has 3 aliphatic rings. The van der Waals surface area contributed by atoms with Crippen LogP contribution in [0.5, 0.6) is 0 Å². The number of fused-ring (bicyclic) bond motifs is 2. The maximum atomic E-state index is 13.0. The summed E-state index contributed by atoms with van der Waals surface area (Å²) in [4.78, 5) is 20.8. The molecule has 320 valence electrons. The number of amides is 1. The Kier molecular flexibility index (Phi) is 17.6. The van der Waals surface area contributed by atoms with Crippen LogP contribution < -0.4 is 14.8 Å². The molecule has 4 rings (SSSR count). The Morgan fingerprint density at radius 1 is 0.948 bits per heavy atom. The number of hydroxylamine groups is 2. The third-order valence-corrected chi connectivity index (χ3v) is 11.9. The van der Waals surface area contributed by atoms with E-state index >= 15 is 0 Å². The van der Waals surface area contributed by atoms with E-state index in [0.29, 0.717) is 51.6 Å². The van der Waals surface area contributed by atoms with E-state index in [1.165, 1.54) is 11.1 Å². The van der Waals surface area contributed by atoms with Crippen molar-refractivity contribution in [3.05, 3.63) is 82.6 Å². The van der Waals surface area contributed by atoms with Gasteiger partial charge in [0.2, 0.25) is 11.3 Å². The maximum Gasteiger partial charge on any atom is 0.294 e. The van der Waals surface area contributed by atoms with Crippen molar-refractivity contribution in [2.75, 3.05) is 56.8 Å². The van der Waals surface area contributed by atoms with Crippen LogP contribution in [0.3, 0.4) is 0 Å². The van der Waals surface area contributed by atoms with Crippen LogP contribution in [0, 0.1) is 0 Å². The molecule has 0 spiro atoms. The van der Waals surface area contributed by atoms with Crippen molar-refractivity contribution in [1.82, 2.24) is 9.64 Å². The maximum absolute atomic E-state index is 13.0. The molecule has 12 heteroatoms. The van der Waals surface area contributed by atoms with Crippen LogP contribution >= 0.6 is 11.6 Å². The van der Waals surface area contributed by atoms with E-state index in [4.69, 9.17) is 25.6 Å². The average Bonchev–Trinajstić information content (AvgIpc) is 3.39. The van der Waals surface area contributed by atoms with Crippen molar-refractivity contribution >= 4 is 39.4 Å². The lowest BCUT2D eigenvalue weighted by atomic mass is 9.83. The Balaban J connectivity index is 1.51. The minimum absolute atomic E-state index is 0.0418. The number of rotatable bonds is 22. The van der Waals surface area contributed by atoms with E-state index in [2.05, 4.69) is 100 Å². The molecule has 1 aliphatic carbocycles. The number of nitrogens with zero attached hydrogens (tertiary/aromatic N) is 3. The molecule has 0 saturated carbocycles. The number of anilines is 1. The molecule has 1 amide bonds. The van der Waals surface area contributed by atoms with Crippen molar-refractivity contribution in [2.24, 2.45) is 0 Å². The molecule has 1 N–H and O–H groups in total. The van der Waals surface area contributed by atoms with E-state index in [1.54, 1.807) is 12.1 Å². The molecule has 1 aromatic rings. The van der Waals surface area contributed by atoms with Crippen molar-refractivity contribution in [3.63, 3.8) is 0 Å². The number of unbranched alkanes of at least 4 members (excludes halogenated alkanes) is 5. The fourth-order valence-electron chi connectivity index (χ4n) is 7.44. The summed E-state index contributed by atoms with van der Waals surface area (Å²) in [5.74, 6) is 2.37. The standard InChI is InChI=1S/C46H66ClN3O7S/c1-9-48(10-2)36-23-25-38-35(32-43(45(4,5)6)57-41(38)33-36)20-19-21-42-46(7,8)39-34-37(58(52,53)54)24-26-40(39)49(42)28-17-14-15-22-44(51)50(11-3)56-31-30-55-29-18-13-12-16-27-47/h19-21,23-26,32-34H,9-18,22,27-31H2,1-8H3/p+1. The minimum Gasteiger partial charge on any atom is -0.460 e. The molecule has 0 saturated heterocycles. The molecule has 0 bridgehead atoms. The number of alkyl halides is 1. The SMILES string of the molecule is CCN(OCCOCCCCCCCl)C(=O)CCCCCN1C(=CC=Cc2cc(C(C)(C)C)oc3cc(=[N+](CC)CC)ccc2-3)C(C)(C)c2cc(S(=O)(=O)O)ccc21. The van der Waals surface area contributed by atoms with Gasteiger partial charge < -0.3 is 14.1 Å². The second-order valence-corrected chi connectivity index (χ2v) is 18.3. The lowest BCUT2D eigenvalue weighted by Crippen LogP contribution is -2.32. The summed E-state index contributed by atoms with van der Waals surface area (Å²) in [7, 11) is -4.39. The highest BCUT2D eigenvalue weighted by molar-refractivity contribution is 7.85. The van der Waals surface area contributed by atoms with Crippen LogP contribution in [0.25, 0.3) is 17.4 Å². The van der Waals surface area contributed by atoms with Gasteiger partial charge in [0.05, 0.1) is 24.2 Å². The van der Waals surface area contributed by atoms with Crippen molar-refractivity contribution in [1.29, 1.82) is 0 Å². The number of halogens is 1. The van der Waals surface area contributed by atoms with E-state index in [0.717, 1.165) is 96.6 Å². The van der Waals surface area contributed by atoms with Crippen molar-refractivity contribution < 1.29 is 31.8 Å². The second kappa shape index (κ2) is 21.7. The number of hydrogen-bond acceptors (Lipinski definition) is 7. The predicted molar refractivity (Wildman–Crippen MR) is 236 cm³/mol. The summed E-state index contributed by atoms with van der Waals surface area (Å²) in [5.41, 5.74) is 4.02. The monoisotopic (exact) mass is 840 g/mol. The Hall–Kier alpha value is -3.48. The molecule has 0 atom stereocenters. The largest absolute Gasteiger partial charge is 0.460 e. The van der Waals surface area contributed by atoms with Gasteiger partial charge in [-0.25, -0.2) is 9.64 Å². The lowest BCUT2D eigenvalue weighted by Gasteiger charge is -2.27. The van der Waals surface area contributed by atoms with Gasteiger partial charge >= 0.3 is 0 Å². The average molecular weight is 842 g/mol.